The largest absolute Gasteiger partial charge is 0.508 e. The van der Waals surface area contributed by atoms with E-state index in [1.54, 1.807) is 23.7 Å². The fourth-order valence-corrected chi connectivity index (χ4v) is 4.07. The zero-order chi connectivity index (χ0) is 20.0. The molecule has 0 fully saturated rings. The van der Waals surface area contributed by atoms with E-state index in [2.05, 4.69) is 9.97 Å². The van der Waals surface area contributed by atoms with E-state index in [1.165, 1.54) is 17.8 Å². The number of hydrogen-bond acceptors (Lipinski definition) is 6. The number of aromatic hydroxyl groups is 1. The van der Waals surface area contributed by atoms with Gasteiger partial charge in [-0.1, -0.05) is 6.92 Å². The number of phenols is 1. The molecule has 0 saturated heterocycles. The average molecular weight is 417 g/mol. The normalized spacial score (nSPS) is 12.6. The van der Waals surface area contributed by atoms with Gasteiger partial charge >= 0.3 is 5.51 Å². The molecule has 3 rings (SSSR count). The number of pyridine rings is 1. The van der Waals surface area contributed by atoms with Crippen LogP contribution in [0.25, 0.3) is 22.4 Å². The molecule has 2 aromatic heterocycles. The Morgan fingerprint density at radius 2 is 1.96 bits per heavy atom. The van der Waals surface area contributed by atoms with Crippen LogP contribution in [-0.2, 0) is 16.9 Å². The quantitative estimate of drug-likeness (QED) is 0.651. The predicted molar refractivity (Wildman–Crippen MR) is 95.2 cm³/mol. The first-order chi connectivity index (χ1) is 12.6. The number of nitrogens with zero attached hydrogens (tertiary/aromatic N) is 3. The van der Waals surface area contributed by atoms with Crippen LogP contribution in [0.5, 0.6) is 5.75 Å². The number of halogens is 3. The number of sulfone groups is 1. The number of aryl methyl sites for hydroxylation is 1. The molecule has 1 aromatic carbocycles. The summed E-state index contributed by atoms with van der Waals surface area (Å²) in [6.45, 7) is 1.94. The smallest absolute Gasteiger partial charge is 0.503 e. The van der Waals surface area contributed by atoms with Crippen molar-refractivity contribution < 1.29 is 26.7 Å². The summed E-state index contributed by atoms with van der Waals surface area (Å²) in [5.74, 6) is 1.23. The van der Waals surface area contributed by atoms with Gasteiger partial charge in [-0.25, -0.2) is 18.4 Å². The minimum atomic E-state index is -5.56. The van der Waals surface area contributed by atoms with Crippen LogP contribution >= 0.6 is 11.8 Å². The average Bonchev–Trinajstić information content (AvgIpc) is 2.90. The number of imidazole rings is 1. The Kier molecular flexibility index (Phi) is 4.85. The molecule has 1 N–H and O–H groups in total. The second-order valence-electron chi connectivity index (χ2n) is 5.57. The van der Waals surface area contributed by atoms with E-state index >= 15 is 0 Å². The van der Waals surface area contributed by atoms with Crippen molar-refractivity contribution in [2.45, 2.75) is 22.4 Å². The molecular formula is C16H14F3N3O3S2. The fraction of sp³-hybridized carbons (Fsp3) is 0.250. The second kappa shape index (κ2) is 6.71. The van der Waals surface area contributed by atoms with Crippen LogP contribution < -0.4 is 0 Å². The molecule has 0 saturated carbocycles. The lowest BCUT2D eigenvalue weighted by molar-refractivity contribution is -0.0438. The van der Waals surface area contributed by atoms with Gasteiger partial charge in [0.25, 0.3) is 9.84 Å². The molecule has 0 radical (unpaired) electrons. The molecule has 0 bridgehead atoms. The molecule has 27 heavy (non-hydrogen) atoms. The SMILES string of the molecule is CCSc1cc(O)ccc1-c1nc2cc(S(=O)(=O)C(F)(F)F)ncc2n1C. The number of rotatable bonds is 4. The van der Waals surface area contributed by atoms with Gasteiger partial charge in [0.1, 0.15) is 11.6 Å². The molecule has 144 valence electrons. The summed E-state index contributed by atoms with van der Waals surface area (Å²) < 4.78 is 63.1. The molecule has 6 nitrogen and oxygen atoms in total. The molecule has 0 aliphatic heterocycles. The van der Waals surface area contributed by atoms with Crippen LogP contribution in [0.2, 0.25) is 0 Å². The Labute approximate surface area is 157 Å². The van der Waals surface area contributed by atoms with E-state index in [4.69, 9.17) is 0 Å². The highest BCUT2D eigenvalue weighted by molar-refractivity contribution is 7.99. The summed E-state index contributed by atoms with van der Waals surface area (Å²) in [6.07, 6.45) is 1.05. The van der Waals surface area contributed by atoms with Crippen molar-refractivity contribution in [3.8, 4) is 17.1 Å². The van der Waals surface area contributed by atoms with Crippen molar-refractivity contribution in [1.29, 1.82) is 0 Å². The Morgan fingerprint density at radius 3 is 2.59 bits per heavy atom. The molecule has 11 heteroatoms. The van der Waals surface area contributed by atoms with Crippen molar-refractivity contribution in [2.24, 2.45) is 7.05 Å². The number of thioether (sulfide) groups is 1. The molecule has 3 aromatic rings. The van der Waals surface area contributed by atoms with Gasteiger partial charge in [-0.05, 0) is 24.0 Å². The standard InChI is InChI=1S/C16H14F3N3O3S2/c1-3-26-13-6-9(23)4-5-10(13)15-21-11-7-14(20-8-12(11)22(15)2)27(24,25)16(17,18)19/h4-8,23H,3H2,1-2H3. The summed E-state index contributed by atoms with van der Waals surface area (Å²) in [7, 11) is -3.91. The Balaban J connectivity index is 2.20. The van der Waals surface area contributed by atoms with Gasteiger partial charge in [-0.3, -0.25) is 0 Å². The van der Waals surface area contributed by atoms with E-state index in [0.717, 1.165) is 22.9 Å². The van der Waals surface area contributed by atoms with E-state index in [0.29, 0.717) is 16.9 Å². The Bertz CT molecular complexity index is 1130. The number of fused-ring (bicyclic) bond motifs is 1. The lowest BCUT2D eigenvalue weighted by Gasteiger charge is -2.09. The molecule has 0 amide bonds. The van der Waals surface area contributed by atoms with Crippen LogP contribution in [-0.4, -0.2) is 39.3 Å². The first-order valence-electron chi connectivity index (χ1n) is 7.66. The minimum Gasteiger partial charge on any atom is -0.508 e. The monoisotopic (exact) mass is 417 g/mol. The number of alkyl halides is 3. The van der Waals surface area contributed by atoms with Crippen LogP contribution in [0.4, 0.5) is 13.2 Å². The highest BCUT2D eigenvalue weighted by Crippen LogP contribution is 2.36. The van der Waals surface area contributed by atoms with E-state index < -0.39 is 20.4 Å². The van der Waals surface area contributed by atoms with E-state index in [1.807, 2.05) is 6.92 Å². The zero-order valence-corrected chi connectivity index (χ0v) is 15.8. The van der Waals surface area contributed by atoms with E-state index in [-0.39, 0.29) is 11.3 Å². The van der Waals surface area contributed by atoms with Gasteiger partial charge in [0.2, 0.25) is 0 Å². The van der Waals surface area contributed by atoms with Gasteiger partial charge in [-0.2, -0.15) is 13.2 Å². The van der Waals surface area contributed by atoms with Gasteiger partial charge in [0.05, 0.1) is 17.2 Å². The summed E-state index contributed by atoms with van der Waals surface area (Å²) >= 11 is 1.47. The van der Waals surface area contributed by atoms with Crippen LogP contribution in [0.15, 0.2) is 40.4 Å². The maximum atomic E-state index is 12.8. The van der Waals surface area contributed by atoms with Crippen molar-refractivity contribution >= 4 is 32.6 Å². The molecule has 0 atom stereocenters. The van der Waals surface area contributed by atoms with Crippen LogP contribution in [0.1, 0.15) is 6.92 Å². The minimum absolute atomic E-state index is 0.0749. The number of phenolic OH excluding ortho intramolecular Hbond substituents is 1. The van der Waals surface area contributed by atoms with E-state index in [9.17, 15) is 26.7 Å². The Morgan fingerprint density at radius 1 is 1.26 bits per heavy atom. The third-order valence-electron chi connectivity index (χ3n) is 3.83. The maximum Gasteiger partial charge on any atom is 0.503 e. The summed E-state index contributed by atoms with van der Waals surface area (Å²) in [4.78, 5) is 8.52. The van der Waals surface area contributed by atoms with Gasteiger partial charge in [0.15, 0.2) is 5.03 Å². The highest BCUT2D eigenvalue weighted by Gasteiger charge is 2.48. The predicted octanol–water partition coefficient (Wildman–Crippen LogP) is 3.75. The van der Waals surface area contributed by atoms with Gasteiger partial charge in [-0.15, -0.1) is 11.8 Å². The van der Waals surface area contributed by atoms with Crippen molar-refractivity contribution in [3.63, 3.8) is 0 Å². The zero-order valence-electron chi connectivity index (χ0n) is 14.1. The molecule has 2 heterocycles. The molecule has 0 spiro atoms. The first kappa shape index (κ1) is 19.5. The third-order valence-corrected chi connectivity index (χ3v) is 6.15. The van der Waals surface area contributed by atoms with Crippen molar-refractivity contribution in [2.75, 3.05) is 5.75 Å². The van der Waals surface area contributed by atoms with Crippen molar-refractivity contribution in [3.05, 3.63) is 30.5 Å². The highest BCUT2D eigenvalue weighted by atomic mass is 32.2. The molecule has 0 unspecified atom stereocenters. The summed E-state index contributed by atoms with van der Waals surface area (Å²) in [5.41, 5.74) is -4.32. The lowest BCUT2D eigenvalue weighted by Crippen LogP contribution is -2.24. The molecule has 0 aliphatic carbocycles. The number of hydrogen-bond donors (Lipinski definition) is 1. The third kappa shape index (κ3) is 3.36. The second-order valence-corrected chi connectivity index (χ2v) is 8.76. The van der Waals surface area contributed by atoms with Gasteiger partial charge < -0.3 is 9.67 Å². The number of aromatic nitrogens is 3. The van der Waals surface area contributed by atoms with Crippen molar-refractivity contribution in [1.82, 2.24) is 14.5 Å². The van der Waals surface area contributed by atoms with Crippen LogP contribution in [0, 0.1) is 0 Å². The maximum absolute atomic E-state index is 12.8. The summed E-state index contributed by atoms with van der Waals surface area (Å²) in [5, 5.41) is 8.60. The lowest BCUT2D eigenvalue weighted by atomic mass is 10.2. The number of benzene rings is 1. The molecular weight excluding hydrogens is 403 g/mol. The summed E-state index contributed by atoms with van der Waals surface area (Å²) in [6, 6.07) is 5.51. The molecule has 0 aliphatic rings. The van der Waals surface area contributed by atoms with Crippen LogP contribution in [0.3, 0.4) is 0 Å². The first-order valence-corrected chi connectivity index (χ1v) is 10.1. The Hall–Kier alpha value is -2.27. The fourth-order valence-electron chi connectivity index (χ4n) is 2.55. The van der Waals surface area contributed by atoms with Gasteiger partial charge in [0, 0.05) is 23.6 Å². The topological polar surface area (TPSA) is 85.1 Å².